The molecule has 5 nitrogen and oxygen atoms in total. The molecule has 10 heteroatoms. The van der Waals surface area contributed by atoms with Crippen molar-refractivity contribution < 1.29 is 17.9 Å². The van der Waals surface area contributed by atoms with E-state index in [1.54, 1.807) is 22.9 Å². The molecule has 0 fully saturated rings. The molecule has 0 saturated heterocycles. The van der Waals surface area contributed by atoms with E-state index in [1.165, 1.54) is 29.2 Å². The molecule has 5 rings (SSSR count). The maximum absolute atomic E-state index is 13.7. The molecule has 0 aliphatic carbocycles. The second-order valence-corrected chi connectivity index (χ2v) is 9.89. The highest BCUT2D eigenvalue weighted by molar-refractivity contribution is 7.98. The number of rotatable bonds is 7. The SMILES string of the molecule is CCOc1ccccc1Cn1c(SCc2cccc(C(F)(F)F)c2)nc2c(sc3ncccc32)c1=O. The molecule has 3 aromatic heterocycles. The largest absolute Gasteiger partial charge is 0.494 e. The lowest BCUT2D eigenvalue weighted by atomic mass is 10.1. The molecule has 0 N–H and O–H groups in total. The Balaban J connectivity index is 1.60. The molecule has 0 unspecified atom stereocenters. The van der Waals surface area contributed by atoms with Crippen LogP contribution in [0, 0.1) is 0 Å². The average molecular weight is 528 g/mol. The minimum atomic E-state index is -4.43. The van der Waals surface area contributed by atoms with Crippen LogP contribution in [0.25, 0.3) is 20.4 Å². The first kappa shape index (κ1) is 24.3. The van der Waals surface area contributed by atoms with Crippen LogP contribution >= 0.6 is 23.1 Å². The summed E-state index contributed by atoms with van der Waals surface area (Å²) in [4.78, 5) is 23.6. The summed E-state index contributed by atoms with van der Waals surface area (Å²) >= 11 is 2.51. The third-order valence-corrected chi connectivity index (χ3v) is 7.68. The minimum Gasteiger partial charge on any atom is -0.494 e. The number of benzene rings is 2. The number of ether oxygens (including phenoxy) is 1. The zero-order valence-electron chi connectivity index (χ0n) is 19.1. The van der Waals surface area contributed by atoms with Gasteiger partial charge in [-0.2, -0.15) is 13.2 Å². The fraction of sp³-hybridized carbons (Fsp3) is 0.192. The van der Waals surface area contributed by atoms with Gasteiger partial charge in [-0.25, -0.2) is 9.97 Å². The molecule has 0 amide bonds. The molecular formula is C26H20F3N3O2S2. The Morgan fingerprint density at radius 1 is 1.08 bits per heavy atom. The molecule has 0 aliphatic rings. The highest BCUT2D eigenvalue weighted by Gasteiger charge is 2.30. The van der Waals surface area contributed by atoms with Crippen molar-refractivity contribution in [1.29, 1.82) is 0 Å². The van der Waals surface area contributed by atoms with E-state index in [9.17, 15) is 18.0 Å². The molecule has 0 bridgehead atoms. The molecule has 5 aromatic rings. The van der Waals surface area contributed by atoms with Crippen LogP contribution in [0.2, 0.25) is 0 Å². The number of hydrogen-bond acceptors (Lipinski definition) is 6. The van der Waals surface area contributed by atoms with Crippen molar-refractivity contribution in [3.63, 3.8) is 0 Å². The molecule has 3 heterocycles. The van der Waals surface area contributed by atoms with Crippen molar-refractivity contribution in [3.05, 3.63) is 93.9 Å². The van der Waals surface area contributed by atoms with Gasteiger partial charge >= 0.3 is 6.18 Å². The Labute approximate surface area is 212 Å². The minimum absolute atomic E-state index is 0.213. The summed E-state index contributed by atoms with van der Waals surface area (Å²) in [6, 6.07) is 16.3. The summed E-state index contributed by atoms with van der Waals surface area (Å²) in [7, 11) is 0. The van der Waals surface area contributed by atoms with Crippen molar-refractivity contribution in [3.8, 4) is 5.75 Å². The summed E-state index contributed by atoms with van der Waals surface area (Å²) in [6.45, 7) is 2.57. The average Bonchev–Trinajstić information content (AvgIpc) is 3.24. The van der Waals surface area contributed by atoms with Gasteiger partial charge in [0.25, 0.3) is 5.56 Å². The monoisotopic (exact) mass is 527 g/mol. The van der Waals surface area contributed by atoms with E-state index >= 15 is 0 Å². The molecule has 184 valence electrons. The van der Waals surface area contributed by atoms with E-state index in [0.29, 0.717) is 38.1 Å². The molecule has 2 aromatic carbocycles. The van der Waals surface area contributed by atoms with Gasteiger partial charge in [0.05, 0.1) is 24.2 Å². The van der Waals surface area contributed by atoms with E-state index in [2.05, 4.69) is 4.98 Å². The van der Waals surface area contributed by atoms with Gasteiger partial charge in [-0.3, -0.25) is 9.36 Å². The van der Waals surface area contributed by atoms with Gasteiger partial charge in [-0.05, 0) is 36.8 Å². The van der Waals surface area contributed by atoms with Crippen LogP contribution in [0.3, 0.4) is 0 Å². The number of thiophene rings is 1. The first-order valence-corrected chi connectivity index (χ1v) is 12.9. The highest BCUT2D eigenvalue weighted by atomic mass is 32.2. The Hall–Kier alpha value is -3.37. The number of aromatic nitrogens is 3. The summed E-state index contributed by atoms with van der Waals surface area (Å²) in [5.41, 5.74) is 0.918. The maximum atomic E-state index is 13.7. The normalized spacial score (nSPS) is 11.9. The van der Waals surface area contributed by atoms with Gasteiger partial charge in [0.1, 0.15) is 15.3 Å². The smallest absolute Gasteiger partial charge is 0.416 e. The zero-order valence-corrected chi connectivity index (χ0v) is 20.7. The summed E-state index contributed by atoms with van der Waals surface area (Å²) < 4.78 is 47.4. The number of halogens is 3. The molecule has 0 radical (unpaired) electrons. The van der Waals surface area contributed by atoms with Crippen LogP contribution < -0.4 is 10.3 Å². The van der Waals surface area contributed by atoms with Crippen LogP contribution in [0.5, 0.6) is 5.75 Å². The fourth-order valence-corrected chi connectivity index (χ4v) is 5.84. The van der Waals surface area contributed by atoms with Gasteiger partial charge in [0.15, 0.2) is 5.16 Å². The van der Waals surface area contributed by atoms with Crippen molar-refractivity contribution in [2.24, 2.45) is 0 Å². The Morgan fingerprint density at radius 3 is 2.72 bits per heavy atom. The topological polar surface area (TPSA) is 57.0 Å². The van der Waals surface area contributed by atoms with Crippen LogP contribution in [0.1, 0.15) is 23.6 Å². The van der Waals surface area contributed by atoms with E-state index in [4.69, 9.17) is 9.72 Å². The number of hydrogen-bond donors (Lipinski definition) is 0. The molecule has 0 saturated carbocycles. The first-order chi connectivity index (χ1) is 17.3. The van der Waals surface area contributed by atoms with Crippen molar-refractivity contribution in [1.82, 2.24) is 14.5 Å². The maximum Gasteiger partial charge on any atom is 0.416 e. The van der Waals surface area contributed by atoms with Gasteiger partial charge < -0.3 is 4.74 Å². The van der Waals surface area contributed by atoms with Gasteiger partial charge in [-0.15, -0.1) is 11.3 Å². The number of thioether (sulfide) groups is 1. The van der Waals surface area contributed by atoms with E-state index < -0.39 is 11.7 Å². The van der Waals surface area contributed by atoms with E-state index in [0.717, 1.165) is 23.1 Å². The van der Waals surface area contributed by atoms with Crippen LogP contribution in [0.15, 0.2) is 76.8 Å². The van der Waals surface area contributed by atoms with Crippen LogP contribution in [-0.2, 0) is 18.5 Å². The molecule has 0 aliphatic heterocycles. The Morgan fingerprint density at radius 2 is 1.92 bits per heavy atom. The summed E-state index contributed by atoms with van der Waals surface area (Å²) in [5.74, 6) is 0.883. The second kappa shape index (κ2) is 9.94. The van der Waals surface area contributed by atoms with Gasteiger partial charge in [-0.1, -0.05) is 48.2 Å². The predicted molar refractivity (Wildman–Crippen MR) is 137 cm³/mol. The first-order valence-electron chi connectivity index (χ1n) is 11.1. The molecule has 36 heavy (non-hydrogen) atoms. The van der Waals surface area contributed by atoms with Crippen molar-refractivity contribution in [2.75, 3.05) is 6.61 Å². The van der Waals surface area contributed by atoms with Gasteiger partial charge in [0, 0.05) is 22.9 Å². The summed E-state index contributed by atoms with van der Waals surface area (Å²) in [5, 5.41) is 1.19. The van der Waals surface area contributed by atoms with E-state index in [-0.39, 0.29) is 17.9 Å². The summed E-state index contributed by atoms with van der Waals surface area (Å²) in [6.07, 6.45) is -2.76. The number of pyridine rings is 1. The van der Waals surface area contributed by atoms with Gasteiger partial charge in [0.2, 0.25) is 0 Å². The van der Waals surface area contributed by atoms with E-state index in [1.807, 2.05) is 37.3 Å². The number of nitrogens with zero attached hydrogens (tertiary/aromatic N) is 3. The second-order valence-electron chi connectivity index (χ2n) is 7.95. The van der Waals surface area contributed by atoms with Crippen LogP contribution in [0.4, 0.5) is 13.2 Å². The Kier molecular flexibility index (Phi) is 6.72. The lowest BCUT2D eigenvalue weighted by Crippen LogP contribution is -2.23. The van der Waals surface area contributed by atoms with Crippen molar-refractivity contribution in [2.45, 2.75) is 30.6 Å². The number of para-hydroxylation sites is 1. The lowest BCUT2D eigenvalue weighted by Gasteiger charge is -2.15. The lowest BCUT2D eigenvalue weighted by molar-refractivity contribution is -0.137. The van der Waals surface area contributed by atoms with Crippen LogP contribution in [-0.4, -0.2) is 21.1 Å². The molecule has 0 spiro atoms. The number of alkyl halides is 3. The fourth-order valence-electron chi connectivity index (χ4n) is 3.88. The standard InChI is InChI=1S/C26H20F3N3O2S2/c1-2-34-20-11-4-3-8-17(20)14-32-24(33)22-21(19-10-6-12-30-23(19)36-22)31-25(32)35-15-16-7-5-9-18(13-16)26(27,28)29/h3-13H,2,14-15H2,1H3. The molecule has 0 atom stereocenters. The number of fused-ring (bicyclic) bond motifs is 3. The highest BCUT2D eigenvalue weighted by Crippen LogP contribution is 2.33. The zero-order chi connectivity index (χ0) is 25.3. The predicted octanol–water partition coefficient (Wildman–Crippen LogP) is 6.76. The van der Waals surface area contributed by atoms with Crippen molar-refractivity contribution >= 4 is 43.5 Å². The quantitative estimate of drug-likeness (QED) is 0.173. The third-order valence-electron chi connectivity index (χ3n) is 5.54. The molecular weight excluding hydrogens is 507 g/mol. The third kappa shape index (κ3) is 4.83. The Bertz CT molecular complexity index is 1610.